The molecule has 1 saturated heterocycles. The Balaban J connectivity index is 2.15. The Kier molecular flexibility index (Phi) is 4.22. The van der Waals surface area contributed by atoms with Crippen LogP contribution in [0.15, 0.2) is 18.2 Å². The molecule has 2 rings (SSSR count). The van der Waals surface area contributed by atoms with Gasteiger partial charge in [-0.25, -0.2) is 0 Å². The minimum Gasteiger partial charge on any atom is -0.480 e. The van der Waals surface area contributed by atoms with Crippen molar-refractivity contribution in [3.05, 3.63) is 34.9 Å². The van der Waals surface area contributed by atoms with E-state index in [2.05, 4.69) is 26.0 Å². The van der Waals surface area contributed by atoms with E-state index in [-0.39, 0.29) is 0 Å². The largest absolute Gasteiger partial charge is 0.480 e. The van der Waals surface area contributed by atoms with Crippen LogP contribution in [0.2, 0.25) is 0 Å². The maximum Gasteiger partial charge on any atom is 0.323 e. The highest BCUT2D eigenvalue weighted by molar-refractivity contribution is 5.74. The van der Waals surface area contributed by atoms with Crippen molar-refractivity contribution >= 4 is 5.97 Å². The van der Waals surface area contributed by atoms with E-state index in [1.807, 2.05) is 11.0 Å². The molecule has 1 aliphatic heterocycles. The molecule has 0 aromatic heterocycles. The maximum atomic E-state index is 11.3. The molecule has 0 spiro atoms. The summed E-state index contributed by atoms with van der Waals surface area (Å²) in [6.45, 7) is 5.42. The Morgan fingerprint density at radius 2 is 2.11 bits per heavy atom. The molecule has 19 heavy (non-hydrogen) atoms. The van der Waals surface area contributed by atoms with Gasteiger partial charge in [0, 0.05) is 6.54 Å². The number of carboxylic acid groups (broad SMARTS) is 1. The summed E-state index contributed by atoms with van der Waals surface area (Å²) >= 11 is 0. The molecule has 0 radical (unpaired) electrons. The minimum atomic E-state index is -0.934. The van der Waals surface area contributed by atoms with Crippen molar-refractivity contribution in [3.63, 3.8) is 0 Å². The Bertz CT molecular complexity index is 472. The van der Waals surface area contributed by atoms with Gasteiger partial charge in [0.05, 0.1) is 6.10 Å². The summed E-state index contributed by atoms with van der Waals surface area (Å²) in [4.78, 5) is 13.1. The summed E-state index contributed by atoms with van der Waals surface area (Å²) in [5.41, 5.74) is 3.54. The average Bonchev–Trinajstić information content (AvgIpc) is 2.33. The molecule has 2 atom stereocenters. The van der Waals surface area contributed by atoms with Crippen molar-refractivity contribution in [1.82, 2.24) is 4.90 Å². The number of rotatable bonds is 3. The van der Waals surface area contributed by atoms with Crippen LogP contribution in [0.1, 0.15) is 29.5 Å². The predicted molar refractivity (Wildman–Crippen MR) is 73.0 cm³/mol. The first-order chi connectivity index (χ1) is 8.99. The Hall–Kier alpha value is -1.39. The second-order valence-corrected chi connectivity index (χ2v) is 5.38. The summed E-state index contributed by atoms with van der Waals surface area (Å²) in [5.74, 6) is -0.934. The number of hydrogen-bond donors (Lipinski definition) is 2. The highest BCUT2D eigenvalue weighted by Crippen LogP contribution is 2.21. The highest BCUT2D eigenvalue weighted by Gasteiger charge is 2.35. The molecule has 1 fully saturated rings. The lowest BCUT2D eigenvalue weighted by Crippen LogP contribution is -2.52. The Morgan fingerprint density at radius 3 is 2.74 bits per heavy atom. The lowest BCUT2D eigenvalue weighted by Gasteiger charge is -2.36. The first kappa shape index (κ1) is 14.0. The van der Waals surface area contributed by atoms with Gasteiger partial charge in [-0.15, -0.1) is 0 Å². The monoisotopic (exact) mass is 263 g/mol. The molecule has 1 aromatic carbocycles. The van der Waals surface area contributed by atoms with Crippen LogP contribution in [0.3, 0.4) is 0 Å². The second kappa shape index (κ2) is 5.72. The van der Waals surface area contributed by atoms with Gasteiger partial charge in [0.1, 0.15) is 6.04 Å². The molecule has 1 aromatic rings. The average molecular weight is 263 g/mol. The van der Waals surface area contributed by atoms with Crippen LogP contribution in [0.5, 0.6) is 0 Å². The number of nitrogens with zero attached hydrogens (tertiary/aromatic N) is 1. The third-order valence-corrected chi connectivity index (χ3v) is 3.91. The number of aliphatic carboxylic acids is 1. The van der Waals surface area contributed by atoms with E-state index in [9.17, 15) is 15.0 Å². The predicted octanol–water partition coefficient (Wildman–Crippen LogP) is 1.71. The van der Waals surface area contributed by atoms with Gasteiger partial charge in [0.15, 0.2) is 0 Å². The first-order valence-electron chi connectivity index (χ1n) is 6.70. The van der Waals surface area contributed by atoms with E-state index in [1.54, 1.807) is 0 Å². The lowest BCUT2D eigenvalue weighted by molar-refractivity contribution is -0.150. The van der Waals surface area contributed by atoms with E-state index in [0.717, 1.165) is 18.5 Å². The quantitative estimate of drug-likeness (QED) is 0.871. The number of piperidine rings is 1. The van der Waals surface area contributed by atoms with Gasteiger partial charge < -0.3 is 10.2 Å². The van der Waals surface area contributed by atoms with Crippen LogP contribution < -0.4 is 0 Å². The van der Waals surface area contributed by atoms with Gasteiger partial charge in [0.2, 0.25) is 0 Å². The zero-order valence-electron chi connectivity index (χ0n) is 11.5. The Labute approximate surface area is 113 Å². The van der Waals surface area contributed by atoms with Crippen molar-refractivity contribution in [1.29, 1.82) is 0 Å². The van der Waals surface area contributed by atoms with Crippen LogP contribution in [0.25, 0.3) is 0 Å². The second-order valence-electron chi connectivity index (χ2n) is 5.38. The molecule has 4 nitrogen and oxygen atoms in total. The standard InChI is InChI=1S/C15H21NO3/c1-10-5-6-12(8-11(10)2)9-16-7-3-4-13(17)14(16)15(18)19/h5-6,8,13-14,17H,3-4,7,9H2,1-2H3,(H,18,19). The molecule has 0 amide bonds. The number of aryl methyl sites for hydroxylation is 2. The van der Waals surface area contributed by atoms with Crippen molar-refractivity contribution in [3.8, 4) is 0 Å². The fraction of sp³-hybridized carbons (Fsp3) is 0.533. The number of hydrogen-bond acceptors (Lipinski definition) is 3. The molecule has 0 saturated carbocycles. The van der Waals surface area contributed by atoms with E-state index in [4.69, 9.17) is 0 Å². The molecule has 2 N–H and O–H groups in total. The molecule has 4 heteroatoms. The SMILES string of the molecule is Cc1ccc(CN2CCCC(O)C2C(=O)O)cc1C. The van der Waals surface area contributed by atoms with E-state index in [1.165, 1.54) is 11.1 Å². The minimum absolute atomic E-state index is 0.570. The molecule has 0 bridgehead atoms. The van der Waals surface area contributed by atoms with Crippen LogP contribution in [0.4, 0.5) is 0 Å². The van der Waals surface area contributed by atoms with Gasteiger partial charge in [-0.2, -0.15) is 0 Å². The number of aliphatic hydroxyl groups excluding tert-OH is 1. The zero-order valence-corrected chi connectivity index (χ0v) is 11.5. The van der Waals surface area contributed by atoms with Crippen LogP contribution in [0, 0.1) is 13.8 Å². The summed E-state index contributed by atoms with van der Waals surface area (Å²) in [7, 11) is 0. The van der Waals surface area contributed by atoms with Crippen LogP contribution >= 0.6 is 0 Å². The van der Waals surface area contributed by atoms with Crippen LogP contribution in [-0.4, -0.2) is 39.8 Å². The highest BCUT2D eigenvalue weighted by atomic mass is 16.4. The molecular formula is C15H21NO3. The van der Waals surface area contributed by atoms with Crippen molar-refractivity contribution in [2.24, 2.45) is 0 Å². The van der Waals surface area contributed by atoms with Crippen LogP contribution in [-0.2, 0) is 11.3 Å². The number of carboxylic acids is 1. The van der Waals surface area contributed by atoms with Gasteiger partial charge in [-0.1, -0.05) is 18.2 Å². The molecule has 2 unspecified atom stereocenters. The van der Waals surface area contributed by atoms with Gasteiger partial charge in [-0.05, 0) is 49.9 Å². The molecular weight excluding hydrogens is 242 g/mol. The number of likely N-dealkylation sites (tertiary alicyclic amines) is 1. The van der Waals surface area contributed by atoms with E-state index in [0.29, 0.717) is 13.0 Å². The van der Waals surface area contributed by atoms with Crippen molar-refractivity contribution in [2.75, 3.05) is 6.54 Å². The third kappa shape index (κ3) is 3.14. The number of carbonyl (C=O) groups is 1. The van der Waals surface area contributed by atoms with Gasteiger partial charge in [0.25, 0.3) is 0 Å². The first-order valence-corrected chi connectivity index (χ1v) is 6.70. The molecule has 0 aliphatic carbocycles. The van der Waals surface area contributed by atoms with E-state index >= 15 is 0 Å². The lowest BCUT2D eigenvalue weighted by atomic mass is 9.97. The van der Waals surface area contributed by atoms with Gasteiger partial charge >= 0.3 is 5.97 Å². The fourth-order valence-electron chi connectivity index (χ4n) is 2.68. The zero-order chi connectivity index (χ0) is 14.0. The third-order valence-electron chi connectivity index (χ3n) is 3.91. The molecule has 104 valence electrons. The topological polar surface area (TPSA) is 60.8 Å². The summed E-state index contributed by atoms with van der Waals surface area (Å²) in [6.07, 6.45) is 0.647. The number of benzene rings is 1. The maximum absolute atomic E-state index is 11.3. The number of aliphatic hydroxyl groups is 1. The van der Waals surface area contributed by atoms with Gasteiger partial charge in [-0.3, -0.25) is 9.69 Å². The molecule has 1 aliphatic rings. The van der Waals surface area contributed by atoms with Crippen molar-refractivity contribution < 1.29 is 15.0 Å². The van der Waals surface area contributed by atoms with Crippen molar-refractivity contribution in [2.45, 2.75) is 45.4 Å². The normalized spacial score (nSPS) is 24.4. The van der Waals surface area contributed by atoms with E-state index < -0.39 is 18.1 Å². The smallest absolute Gasteiger partial charge is 0.323 e. The Morgan fingerprint density at radius 1 is 1.37 bits per heavy atom. The summed E-state index contributed by atoms with van der Waals surface area (Å²) in [5, 5.41) is 19.1. The summed E-state index contributed by atoms with van der Waals surface area (Å²) < 4.78 is 0. The summed E-state index contributed by atoms with van der Waals surface area (Å²) in [6, 6.07) is 5.40. The molecule has 1 heterocycles. The fourth-order valence-corrected chi connectivity index (χ4v) is 2.68.